The minimum atomic E-state index is -0.484. The van der Waals surface area contributed by atoms with Gasteiger partial charge in [0.05, 0.1) is 6.04 Å². The predicted molar refractivity (Wildman–Crippen MR) is 108 cm³/mol. The highest BCUT2D eigenvalue weighted by Gasteiger charge is 2.33. The number of hydrogen-bond acceptors (Lipinski definition) is 3. The summed E-state index contributed by atoms with van der Waals surface area (Å²) >= 11 is 0. The molecule has 4 rings (SSSR count). The van der Waals surface area contributed by atoms with Gasteiger partial charge in [-0.1, -0.05) is 42.5 Å². The number of carbonyl (C=O) groups is 2. The number of benzene rings is 2. The Balaban J connectivity index is 1.59. The Morgan fingerprint density at radius 1 is 0.966 bits per heavy atom. The lowest BCUT2D eigenvalue weighted by molar-refractivity contribution is -0.133. The van der Waals surface area contributed by atoms with Crippen molar-refractivity contribution < 1.29 is 14.0 Å². The highest BCUT2D eigenvalue weighted by Crippen LogP contribution is 2.36. The van der Waals surface area contributed by atoms with E-state index in [0.717, 1.165) is 11.1 Å². The van der Waals surface area contributed by atoms with Crippen molar-refractivity contribution in [2.45, 2.75) is 25.3 Å². The number of ketones is 1. The van der Waals surface area contributed by atoms with E-state index >= 15 is 0 Å². The van der Waals surface area contributed by atoms with Crippen LogP contribution >= 0.6 is 0 Å². The van der Waals surface area contributed by atoms with E-state index in [4.69, 9.17) is 0 Å². The van der Waals surface area contributed by atoms with Crippen molar-refractivity contribution in [1.29, 1.82) is 0 Å². The normalized spacial score (nSPS) is 15.6. The lowest BCUT2D eigenvalue weighted by Gasteiger charge is -2.38. The summed E-state index contributed by atoms with van der Waals surface area (Å²) < 4.78 is 14.6. The van der Waals surface area contributed by atoms with Crippen LogP contribution in [0.25, 0.3) is 0 Å². The van der Waals surface area contributed by atoms with E-state index in [1.165, 1.54) is 12.3 Å². The highest BCUT2D eigenvalue weighted by atomic mass is 19.1. The van der Waals surface area contributed by atoms with Gasteiger partial charge < -0.3 is 4.90 Å². The molecule has 0 radical (unpaired) electrons. The molecule has 0 spiro atoms. The molecule has 0 aliphatic carbocycles. The number of fused-ring (bicyclic) bond motifs is 1. The smallest absolute Gasteiger partial charge is 0.223 e. The molecule has 2 aromatic carbocycles. The first-order chi connectivity index (χ1) is 14.1. The first kappa shape index (κ1) is 19.0. The largest absolute Gasteiger partial charge is 0.331 e. The molecule has 2 heterocycles. The Bertz CT molecular complexity index is 1040. The van der Waals surface area contributed by atoms with Crippen molar-refractivity contribution in [2.24, 2.45) is 0 Å². The fourth-order valence-corrected chi connectivity index (χ4v) is 3.90. The van der Waals surface area contributed by atoms with Crippen molar-refractivity contribution >= 4 is 11.7 Å². The standard InChI is InChI=1S/C24H21FN2O2/c25-21-10-4-3-9-20(21)24-19-8-2-1-6-17(19)13-15-27(24)23(29)12-11-22(28)18-7-5-14-26-16-18/h1-10,14,16,24H,11-13,15H2. The van der Waals surface area contributed by atoms with Gasteiger partial charge in [0.15, 0.2) is 5.78 Å². The van der Waals surface area contributed by atoms with Crippen molar-refractivity contribution in [3.05, 3.63) is 101 Å². The molecule has 1 unspecified atom stereocenters. The van der Waals surface area contributed by atoms with Crippen LogP contribution in [0, 0.1) is 5.82 Å². The molecule has 0 saturated carbocycles. The summed E-state index contributed by atoms with van der Waals surface area (Å²) in [5.74, 6) is -0.602. The summed E-state index contributed by atoms with van der Waals surface area (Å²) in [6.07, 6.45) is 4.01. The molecule has 0 bridgehead atoms. The van der Waals surface area contributed by atoms with E-state index < -0.39 is 6.04 Å². The van der Waals surface area contributed by atoms with Gasteiger partial charge in [-0.2, -0.15) is 0 Å². The molecule has 4 nitrogen and oxygen atoms in total. The van der Waals surface area contributed by atoms with Crippen LogP contribution in [0.4, 0.5) is 4.39 Å². The molecule has 1 aliphatic heterocycles. The van der Waals surface area contributed by atoms with Gasteiger partial charge in [-0.15, -0.1) is 0 Å². The van der Waals surface area contributed by atoms with Crippen LogP contribution in [0.5, 0.6) is 0 Å². The maximum atomic E-state index is 14.6. The first-order valence-electron chi connectivity index (χ1n) is 9.70. The molecule has 1 atom stereocenters. The van der Waals surface area contributed by atoms with Crippen LogP contribution in [-0.4, -0.2) is 28.1 Å². The molecule has 1 amide bonds. The van der Waals surface area contributed by atoms with Gasteiger partial charge >= 0.3 is 0 Å². The number of nitrogens with zero attached hydrogens (tertiary/aromatic N) is 2. The first-order valence-corrected chi connectivity index (χ1v) is 9.70. The van der Waals surface area contributed by atoms with Crippen LogP contribution in [0.15, 0.2) is 73.1 Å². The molecule has 0 saturated heterocycles. The molecule has 1 aliphatic rings. The van der Waals surface area contributed by atoms with Crippen LogP contribution in [-0.2, 0) is 11.2 Å². The number of rotatable bonds is 5. The van der Waals surface area contributed by atoms with E-state index in [1.54, 1.807) is 41.4 Å². The average Bonchev–Trinajstić information content (AvgIpc) is 2.77. The minimum absolute atomic E-state index is 0.0842. The number of pyridine rings is 1. The Kier molecular flexibility index (Phi) is 5.47. The third kappa shape index (κ3) is 3.94. The molecular weight excluding hydrogens is 367 g/mol. The number of halogens is 1. The predicted octanol–water partition coefficient (Wildman–Crippen LogP) is 4.36. The molecule has 146 valence electrons. The van der Waals surface area contributed by atoms with Crippen molar-refractivity contribution in [3.8, 4) is 0 Å². The van der Waals surface area contributed by atoms with Gasteiger partial charge in [0.2, 0.25) is 5.91 Å². The third-order valence-corrected chi connectivity index (χ3v) is 5.35. The molecule has 0 fully saturated rings. The lowest BCUT2D eigenvalue weighted by atomic mass is 9.87. The highest BCUT2D eigenvalue weighted by molar-refractivity contribution is 5.97. The van der Waals surface area contributed by atoms with E-state index in [-0.39, 0.29) is 30.3 Å². The summed E-state index contributed by atoms with van der Waals surface area (Å²) in [7, 11) is 0. The fraction of sp³-hybridized carbons (Fsp3) is 0.208. The van der Waals surface area contributed by atoms with Crippen LogP contribution in [0.2, 0.25) is 0 Å². The molecule has 3 aromatic rings. The molecular formula is C24H21FN2O2. The summed E-state index contributed by atoms with van der Waals surface area (Å²) in [4.78, 5) is 31.1. The second-order valence-electron chi connectivity index (χ2n) is 7.12. The average molecular weight is 388 g/mol. The van der Waals surface area contributed by atoms with Gasteiger partial charge in [0.25, 0.3) is 0 Å². The SMILES string of the molecule is O=C(CCC(=O)N1CCc2ccccc2C1c1ccccc1F)c1cccnc1. The summed E-state index contributed by atoms with van der Waals surface area (Å²) in [6, 6.07) is 17.3. The zero-order chi connectivity index (χ0) is 20.2. The fourth-order valence-electron chi connectivity index (χ4n) is 3.90. The minimum Gasteiger partial charge on any atom is -0.331 e. The zero-order valence-corrected chi connectivity index (χ0v) is 15.9. The Hall–Kier alpha value is -3.34. The van der Waals surface area contributed by atoms with Crippen molar-refractivity contribution in [1.82, 2.24) is 9.88 Å². The topological polar surface area (TPSA) is 50.3 Å². The van der Waals surface area contributed by atoms with E-state index in [1.807, 2.05) is 24.3 Å². The van der Waals surface area contributed by atoms with E-state index in [9.17, 15) is 14.0 Å². The molecule has 29 heavy (non-hydrogen) atoms. The Morgan fingerprint density at radius 3 is 2.48 bits per heavy atom. The number of amides is 1. The Labute approximate surface area is 169 Å². The third-order valence-electron chi connectivity index (χ3n) is 5.35. The zero-order valence-electron chi connectivity index (χ0n) is 15.9. The van der Waals surface area contributed by atoms with Gasteiger partial charge in [-0.05, 0) is 35.7 Å². The molecule has 0 N–H and O–H groups in total. The quantitative estimate of drug-likeness (QED) is 0.611. The van der Waals surface area contributed by atoms with E-state index in [0.29, 0.717) is 24.1 Å². The monoisotopic (exact) mass is 388 g/mol. The lowest BCUT2D eigenvalue weighted by Crippen LogP contribution is -2.41. The van der Waals surface area contributed by atoms with Crippen molar-refractivity contribution in [2.75, 3.05) is 6.54 Å². The van der Waals surface area contributed by atoms with Crippen LogP contribution in [0.3, 0.4) is 0 Å². The second kappa shape index (κ2) is 8.35. The van der Waals surface area contributed by atoms with Gasteiger partial charge in [0.1, 0.15) is 5.82 Å². The number of aromatic nitrogens is 1. The summed E-state index contributed by atoms with van der Waals surface area (Å²) in [5, 5.41) is 0. The van der Waals surface area contributed by atoms with Gasteiger partial charge in [0, 0.05) is 42.9 Å². The number of Topliss-reactive ketones (excluding diaryl/α,β-unsaturated/α-hetero) is 1. The van der Waals surface area contributed by atoms with Crippen LogP contribution < -0.4 is 0 Å². The Morgan fingerprint density at radius 2 is 1.72 bits per heavy atom. The van der Waals surface area contributed by atoms with Crippen LogP contribution in [0.1, 0.15) is 45.9 Å². The van der Waals surface area contributed by atoms with Crippen molar-refractivity contribution in [3.63, 3.8) is 0 Å². The maximum Gasteiger partial charge on any atom is 0.223 e. The summed E-state index contributed by atoms with van der Waals surface area (Å²) in [6.45, 7) is 0.496. The molecule has 1 aromatic heterocycles. The molecule has 5 heteroatoms. The number of carbonyl (C=O) groups excluding carboxylic acids is 2. The maximum absolute atomic E-state index is 14.6. The number of hydrogen-bond donors (Lipinski definition) is 0. The van der Waals surface area contributed by atoms with Gasteiger partial charge in [-0.25, -0.2) is 4.39 Å². The second-order valence-corrected chi connectivity index (χ2v) is 7.12. The van der Waals surface area contributed by atoms with E-state index in [2.05, 4.69) is 4.98 Å². The summed E-state index contributed by atoms with van der Waals surface area (Å²) in [5.41, 5.74) is 3.04. The van der Waals surface area contributed by atoms with Gasteiger partial charge in [-0.3, -0.25) is 14.6 Å².